The van der Waals surface area contributed by atoms with Gasteiger partial charge in [0.2, 0.25) is 5.91 Å². The normalized spacial score (nSPS) is 20.3. The van der Waals surface area contributed by atoms with E-state index in [1.807, 2.05) is 34.9 Å². The highest BCUT2D eigenvalue weighted by Gasteiger charge is 2.26. The number of hydrogen-bond donors (Lipinski definition) is 0. The lowest BCUT2D eigenvalue weighted by Gasteiger charge is -2.33. The highest BCUT2D eigenvalue weighted by Crippen LogP contribution is 2.25. The van der Waals surface area contributed by atoms with E-state index in [1.165, 1.54) is 0 Å². The molecule has 2 saturated heterocycles. The summed E-state index contributed by atoms with van der Waals surface area (Å²) in [6.45, 7) is 5.37. The quantitative estimate of drug-likeness (QED) is 0.812. The minimum absolute atomic E-state index is 0.0892. The van der Waals surface area contributed by atoms with Crippen LogP contribution in [0.2, 0.25) is 0 Å². The SMILES string of the molecule is COc1ccc(C(=O)N2CCCC(CCC(=O)N3CCCC3)C2)cc1C. The van der Waals surface area contributed by atoms with Crippen molar-refractivity contribution in [2.45, 2.75) is 45.4 Å². The van der Waals surface area contributed by atoms with Gasteiger partial charge in [-0.3, -0.25) is 9.59 Å². The Hall–Kier alpha value is -2.04. The number of nitrogens with zero attached hydrogens (tertiary/aromatic N) is 2. The second-order valence-electron chi connectivity index (χ2n) is 7.57. The number of methoxy groups -OCH3 is 1. The van der Waals surface area contributed by atoms with E-state index in [4.69, 9.17) is 4.74 Å². The molecule has 0 aliphatic carbocycles. The van der Waals surface area contributed by atoms with Crippen LogP contribution in [0.5, 0.6) is 5.75 Å². The maximum atomic E-state index is 12.9. The summed E-state index contributed by atoms with van der Waals surface area (Å²) in [5.41, 5.74) is 1.69. The summed E-state index contributed by atoms with van der Waals surface area (Å²) in [5, 5.41) is 0. The number of aryl methyl sites for hydroxylation is 1. The molecule has 2 amide bonds. The van der Waals surface area contributed by atoms with Crippen molar-refractivity contribution in [3.8, 4) is 5.75 Å². The van der Waals surface area contributed by atoms with Crippen LogP contribution in [-0.4, -0.2) is 54.9 Å². The Labute approximate surface area is 156 Å². The molecule has 0 spiro atoms. The largest absolute Gasteiger partial charge is 0.496 e. The molecule has 2 fully saturated rings. The molecule has 1 atom stereocenters. The van der Waals surface area contributed by atoms with Crippen molar-refractivity contribution < 1.29 is 14.3 Å². The summed E-state index contributed by atoms with van der Waals surface area (Å²) in [6.07, 6.45) is 5.91. The first-order valence-corrected chi connectivity index (χ1v) is 9.80. The van der Waals surface area contributed by atoms with Crippen LogP contribution in [0.1, 0.15) is 54.4 Å². The fourth-order valence-electron chi connectivity index (χ4n) is 4.13. The van der Waals surface area contributed by atoms with Crippen LogP contribution in [0.15, 0.2) is 18.2 Å². The Balaban J connectivity index is 1.54. The molecule has 1 aromatic carbocycles. The first-order valence-electron chi connectivity index (χ1n) is 9.80. The van der Waals surface area contributed by atoms with E-state index in [-0.39, 0.29) is 11.8 Å². The average Bonchev–Trinajstić information content (AvgIpc) is 3.20. The third-order valence-electron chi connectivity index (χ3n) is 5.67. The van der Waals surface area contributed by atoms with Crippen LogP contribution in [0.25, 0.3) is 0 Å². The minimum atomic E-state index is 0.0892. The van der Waals surface area contributed by atoms with Crippen molar-refractivity contribution in [2.75, 3.05) is 33.3 Å². The molecule has 142 valence electrons. The van der Waals surface area contributed by atoms with E-state index in [1.54, 1.807) is 7.11 Å². The molecule has 2 aliphatic heterocycles. The molecule has 3 rings (SSSR count). The van der Waals surface area contributed by atoms with Gasteiger partial charge in [-0.05, 0) is 68.7 Å². The summed E-state index contributed by atoms with van der Waals surface area (Å²) in [4.78, 5) is 29.1. The molecular formula is C21H30N2O3. The number of ether oxygens (including phenoxy) is 1. The van der Waals surface area contributed by atoms with E-state index < -0.39 is 0 Å². The van der Waals surface area contributed by atoms with Gasteiger partial charge in [0.1, 0.15) is 5.75 Å². The summed E-state index contributed by atoms with van der Waals surface area (Å²) in [5.74, 6) is 1.61. The van der Waals surface area contributed by atoms with Gasteiger partial charge in [-0.15, -0.1) is 0 Å². The molecule has 1 unspecified atom stereocenters. The number of likely N-dealkylation sites (tertiary alicyclic amines) is 2. The molecule has 0 N–H and O–H groups in total. The van der Waals surface area contributed by atoms with Gasteiger partial charge < -0.3 is 14.5 Å². The zero-order valence-electron chi connectivity index (χ0n) is 16.0. The van der Waals surface area contributed by atoms with E-state index in [9.17, 15) is 9.59 Å². The predicted molar refractivity (Wildman–Crippen MR) is 101 cm³/mol. The van der Waals surface area contributed by atoms with Gasteiger partial charge in [-0.1, -0.05) is 0 Å². The smallest absolute Gasteiger partial charge is 0.253 e. The number of rotatable bonds is 5. The molecule has 2 heterocycles. The minimum Gasteiger partial charge on any atom is -0.496 e. The molecule has 5 nitrogen and oxygen atoms in total. The number of benzene rings is 1. The molecule has 0 radical (unpaired) electrons. The molecule has 0 aromatic heterocycles. The number of piperidine rings is 1. The highest BCUT2D eigenvalue weighted by molar-refractivity contribution is 5.94. The third kappa shape index (κ3) is 4.37. The van der Waals surface area contributed by atoms with Gasteiger partial charge in [0, 0.05) is 38.2 Å². The van der Waals surface area contributed by atoms with Gasteiger partial charge in [0.25, 0.3) is 5.91 Å². The molecule has 0 bridgehead atoms. The standard InChI is InChI=1S/C21H30N2O3/c1-16-14-18(8-9-19(16)26-2)21(25)23-13-5-6-17(15-23)7-10-20(24)22-11-3-4-12-22/h8-9,14,17H,3-7,10-13,15H2,1-2H3. The van der Waals surface area contributed by atoms with E-state index in [0.717, 1.165) is 75.2 Å². The highest BCUT2D eigenvalue weighted by atomic mass is 16.5. The number of amides is 2. The second-order valence-corrected chi connectivity index (χ2v) is 7.57. The van der Waals surface area contributed by atoms with Crippen LogP contribution in [0.4, 0.5) is 0 Å². The third-order valence-corrected chi connectivity index (χ3v) is 5.67. The molecule has 26 heavy (non-hydrogen) atoms. The number of carbonyl (C=O) groups excluding carboxylic acids is 2. The lowest BCUT2D eigenvalue weighted by Crippen LogP contribution is -2.40. The topological polar surface area (TPSA) is 49.9 Å². The van der Waals surface area contributed by atoms with Crippen LogP contribution in [-0.2, 0) is 4.79 Å². The molecule has 1 aromatic rings. The first-order chi connectivity index (χ1) is 12.6. The Bertz CT molecular complexity index is 653. The Morgan fingerprint density at radius 3 is 2.54 bits per heavy atom. The Morgan fingerprint density at radius 2 is 1.85 bits per heavy atom. The van der Waals surface area contributed by atoms with Gasteiger partial charge in [0.15, 0.2) is 0 Å². The maximum Gasteiger partial charge on any atom is 0.253 e. The van der Waals surface area contributed by atoms with E-state index >= 15 is 0 Å². The first kappa shape index (κ1) is 18.7. The molecule has 5 heteroatoms. The second kappa shape index (κ2) is 8.56. The van der Waals surface area contributed by atoms with Crippen molar-refractivity contribution in [3.63, 3.8) is 0 Å². The van der Waals surface area contributed by atoms with Crippen LogP contribution in [0.3, 0.4) is 0 Å². The van der Waals surface area contributed by atoms with Crippen molar-refractivity contribution in [2.24, 2.45) is 5.92 Å². The Morgan fingerprint density at radius 1 is 1.12 bits per heavy atom. The van der Waals surface area contributed by atoms with Crippen molar-refractivity contribution >= 4 is 11.8 Å². The van der Waals surface area contributed by atoms with Crippen molar-refractivity contribution in [3.05, 3.63) is 29.3 Å². The number of carbonyl (C=O) groups is 2. The van der Waals surface area contributed by atoms with E-state index in [0.29, 0.717) is 12.3 Å². The zero-order valence-corrected chi connectivity index (χ0v) is 16.0. The van der Waals surface area contributed by atoms with Crippen LogP contribution in [0, 0.1) is 12.8 Å². The van der Waals surface area contributed by atoms with Crippen LogP contribution < -0.4 is 4.74 Å². The fraction of sp³-hybridized carbons (Fsp3) is 0.619. The fourth-order valence-corrected chi connectivity index (χ4v) is 4.13. The van der Waals surface area contributed by atoms with Crippen molar-refractivity contribution in [1.29, 1.82) is 0 Å². The van der Waals surface area contributed by atoms with Crippen LogP contribution >= 0.6 is 0 Å². The van der Waals surface area contributed by atoms with Crippen molar-refractivity contribution in [1.82, 2.24) is 9.80 Å². The molecule has 0 saturated carbocycles. The summed E-state index contributed by atoms with van der Waals surface area (Å²) < 4.78 is 5.28. The van der Waals surface area contributed by atoms with Gasteiger partial charge >= 0.3 is 0 Å². The lowest BCUT2D eigenvalue weighted by molar-refractivity contribution is -0.130. The molecule has 2 aliphatic rings. The van der Waals surface area contributed by atoms with Gasteiger partial charge in [-0.25, -0.2) is 0 Å². The lowest BCUT2D eigenvalue weighted by atomic mass is 9.92. The molecular weight excluding hydrogens is 328 g/mol. The number of hydrogen-bond acceptors (Lipinski definition) is 3. The monoisotopic (exact) mass is 358 g/mol. The van der Waals surface area contributed by atoms with Gasteiger partial charge in [0.05, 0.1) is 7.11 Å². The zero-order chi connectivity index (χ0) is 18.5. The van der Waals surface area contributed by atoms with E-state index in [2.05, 4.69) is 0 Å². The van der Waals surface area contributed by atoms with Gasteiger partial charge in [-0.2, -0.15) is 0 Å². The summed E-state index contributed by atoms with van der Waals surface area (Å²) >= 11 is 0. The Kier molecular flexibility index (Phi) is 6.17. The average molecular weight is 358 g/mol. The predicted octanol–water partition coefficient (Wildman–Crippen LogP) is 3.26. The summed E-state index contributed by atoms with van der Waals surface area (Å²) in [6, 6.07) is 5.61. The maximum absolute atomic E-state index is 12.9. The summed E-state index contributed by atoms with van der Waals surface area (Å²) in [7, 11) is 1.64.